The van der Waals surface area contributed by atoms with E-state index in [1.165, 1.54) is 7.11 Å². The van der Waals surface area contributed by atoms with Crippen molar-refractivity contribution in [3.05, 3.63) is 35.9 Å². The SMILES string of the molecule is CC[C@H](C)[C@@H]([C@@H](CC(=O)N1CCC[C@H]1[C@H](OC)[C@@H](C)C(=O)NC(Cc1ccccc1)C(=O)OCCOCCOCCOC)OC)N(C)C(=O)[C@@H](NC(=O)[C@@H](NC)C(C)C)C(C)C. The summed E-state index contributed by atoms with van der Waals surface area (Å²) in [6.07, 6.45) is 0.880. The summed E-state index contributed by atoms with van der Waals surface area (Å²) in [5.41, 5.74) is 0.844. The number of ether oxygens (including phenoxy) is 6. The first kappa shape index (κ1) is 54.5. The number of hydrogen-bond acceptors (Lipinski definition) is 12. The monoisotopic (exact) mass is 878 g/mol. The van der Waals surface area contributed by atoms with E-state index in [2.05, 4.69) is 16.0 Å². The van der Waals surface area contributed by atoms with Crippen LogP contribution in [0.2, 0.25) is 0 Å². The minimum atomic E-state index is -0.980. The number of hydrogen-bond donors (Lipinski definition) is 3. The third-order valence-electron chi connectivity index (χ3n) is 11.9. The van der Waals surface area contributed by atoms with Crippen LogP contribution in [-0.2, 0) is 58.8 Å². The van der Waals surface area contributed by atoms with Crippen LogP contribution < -0.4 is 16.0 Å². The van der Waals surface area contributed by atoms with Crippen LogP contribution in [0.5, 0.6) is 0 Å². The first-order chi connectivity index (χ1) is 29.6. The molecule has 1 heterocycles. The summed E-state index contributed by atoms with van der Waals surface area (Å²) in [7, 11) is 8.11. The van der Waals surface area contributed by atoms with Gasteiger partial charge in [-0.3, -0.25) is 19.2 Å². The summed E-state index contributed by atoms with van der Waals surface area (Å²) in [6.45, 7) is 15.8. The molecule has 9 atom stereocenters. The highest BCUT2D eigenvalue weighted by atomic mass is 16.6. The van der Waals surface area contributed by atoms with Gasteiger partial charge >= 0.3 is 5.97 Å². The average molecular weight is 878 g/mol. The molecule has 1 saturated heterocycles. The highest BCUT2D eigenvalue weighted by Crippen LogP contribution is 2.30. The molecule has 354 valence electrons. The zero-order valence-electron chi connectivity index (χ0n) is 39.6. The normalized spacial score (nSPS) is 18.0. The van der Waals surface area contributed by atoms with E-state index >= 15 is 0 Å². The lowest BCUT2D eigenvalue weighted by molar-refractivity contribution is -0.151. The number of benzene rings is 1. The number of esters is 1. The van der Waals surface area contributed by atoms with E-state index in [1.807, 2.05) is 71.9 Å². The third kappa shape index (κ3) is 16.8. The quantitative estimate of drug-likeness (QED) is 0.0760. The molecule has 1 fully saturated rings. The number of carbonyl (C=O) groups is 5. The molecule has 1 aliphatic rings. The third-order valence-corrected chi connectivity index (χ3v) is 11.9. The Hall–Kier alpha value is -3.67. The number of nitrogens with one attached hydrogen (secondary N) is 3. The van der Waals surface area contributed by atoms with Crippen molar-refractivity contribution in [2.75, 3.05) is 81.6 Å². The second-order valence-corrected chi connectivity index (χ2v) is 17.0. The first-order valence-electron chi connectivity index (χ1n) is 22.3. The van der Waals surface area contributed by atoms with Crippen LogP contribution in [0.4, 0.5) is 0 Å². The minimum absolute atomic E-state index is 0.00202. The van der Waals surface area contributed by atoms with Crippen LogP contribution >= 0.6 is 0 Å². The van der Waals surface area contributed by atoms with Gasteiger partial charge in [0.05, 0.1) is 75.7 Å². The van der Waals surface area contributed by atoms with Gasteiger partial charge in [0.25, 0.3) is 0 Å². The summed E-state index contributed by atoms with van der Waals surface area (Å²) in [5.74, 6) is -2.67. The van der Waals surface area contributed by atoms with Gasteiger partial charge in [0, 0.05) is 41.3 Å². The average Bonchev–Trinajstić information content (AvgIpc) is 3.74. The zero-order chi connectivity index (χ0) is 46.4. The van der Waals surface area contributed by atoms with Gasteiger partial charge in [0.15, 0.2) is 0 Å². The Kier molecular flexibility index (Phi) is 25.4. The molecular formula is C46H79N5O11. The highest BCUT2D eigenvalue weighted by Gasteiger charge is 2.43. The van der Waals surface area contributed by atoms with Gasteiger partial charge in [0.2, 0.25) is 23.6 Å². The van der Waals surface area contributed by atoms with Crippen LogP contribution in [0.1, 0.15) is 79.7 Å². The van der Waals surface area contributed by atoms with Crippen LogP contribution in [0.15, 0.2) is 30.3 Å². The molecule has 16 nitrogen and oxygen atoms in total. The van der Waals surface area contributed by atoms with E-state index in [9.17, 15) is 24.0 Å². The molecule has 3 N–H and O–H groups in total. The largest absolute Gasteiger partial charge is 0.462 e. The molecule has 0 aliphatic carbocycles. The Morgan fingerprint density at radius 3 is 1.97 bits per heavy atom. The van der Waals surface area contributed by atoms with Gasteiger partial charge in [-0.25, -0.2) is 4.79 Å². The second-order valence-electron chi connectivity index (χ2n) is 17.0. The van der Waals surface area contributed by atoms with Gasteiger partial charge in [-0.1, -0.05) is 85.2 Å². The van der Waals surface area contributed by atoms with Crippen molar-refractivity contribution < 1.29 is 52.4 Å². The molecule has 62 heavy (non-hydrogen) atoms. The molecule has 1 unspecified atom stereocenters. The van der Waals surface area contributed by atoms with E-state index in [0.717, 1.165) is 5.56 Å². The van der Waals surface area contributed by atoms with E-state index in [4.69, 9.17) is 28.4 Å². The Bertz CT molecular complexity index is 1480. The van der Waals surface area contributed by atoms with Gasteiger partial charge in [-0.2, -0.15) is 0 Å². The van der Waals surface area contributed by atoms with Crippen molar-refractivity contribution in [1.29, 1.82) is 0 Å². The maximum absolute atomic E-state index is 14.3. The zero-order valence-corrected chi connectivity index (χ0v) is 39.6. The number of likely N-dealkylation sites (N-methyl/N-ethyl adjacent to an activating group) is 2. The predicted molar refractivity (Wildman–Crippen MR) is 237 cm³/mol. The molecule has 0 radical (unpaired) electrons. The van der Waals surface area contributed by atoms with Crippen molar-refractivity contribution in [3.63, 3.8) is 0 Å². The maximum Gasteiger partial charge on any atom is 0.329 e. The Morgan fingerprint density at radius 2 is 1.42 bits per heavy atom. The van der Waals surface area contributed by atoms with E-state index in [1.54, 1.807) is 45.0 Å². The van der Waals surface area contributed by atoms with Crippen LogP contribution in [-0.4, -0.2) is 163 Å². The summed E-state index contributed by atoms with van der Waals surface area (Å²) >= 11 is 0. The summed E-state index contributed by atoms with van der Waals surface area (Å²) < 4.78 is 33.4. The molecule has 1 aliphatic heterocycles. The molecule has 4 amide bonds. The van der Waals surface area contributed by atoms with Crippen molar-refractivity contribution in [2.24, 2.45) is 23.7 Å². The fourth-order valence-corrected chi connectivity index (χ4v) is 8.16. The number of methoxy groups -OCH3 is 3. The summed E-state index contributed by atoms with van der Waals surface area (Å²) in [4.78, 5) is 72.6. The summed E-state index contributed by atoms with van der Waals surface area (Å²) in [5, 5.41) is 8.95. The molecule has 2 rings (SSSR count). The number of amides is 4. The maximum atomic E-state index is 14.3. The highest BCUT2D eigenvalue weighted by molar-refractivity contribution is 5.90. The molecule has 1 aromatic rings. The lowest BCUT2D eigenvalue weighted by Gasteiger charge is -2.41. The van der Waals surface area contributed by atoms with E-state index in [0.29, 0.717) is 52.2 Å². The van der Waals surface area contributed by atoms with Crippen LogP contribution in [0.25, 0.3) is 0 Å². The second kappa shape index (κ2) is 28.9. The fourth-order valence-electron chi connectivity index (χ4n) is 8.16. The Balaban J connectivity index is 2.22. The molecular weight excluding hydrogens is 799 g/mol. The fraction of sp³-hybridized carbons (Fsp3) is 0.761. The van der Waals surface area contributed by atoms with E-state index in [-0.39, 0.29) is 61.5 Å². The van der Waals surface area contributed by atoms with Crippen LogP contribution in [0.3, 0.4) is 0 Å². The molecule has 0 spiro atoms. The van der Waals surface area contributed by atoms with Crippen molar-refractivity contribution in [3.8, 4) is 0 Å². The van der Waals surface area contributed by atoms with Gasteiger partial charge in [0.1, 0.15) is 18.7 Å². The number of likely N-dealkylation sites (tertiary alicyclic amines) is 1. The summed E-state index contributed by atoms with van der Waals surface area (Å²) in [6, 6.07) is 6.22. The standard InChI is InChI=1S/C46H79N5O11/c1-13-32(6)41(50(9)45(55)40(31(4)5)49-44(54)39(47-8)30(2)3)37(58-11)29-38(52)51-21-17-20-36(51)42(59-12)33(7)43(53)48-35(28-34-18-15-14-16-19-34)46(56)62-27-26-61-25-24-60-23-22-57-10/h14-16,18-19,30-33,35-37,39-42,47H,13,17,20-29H2,1-12H3,(H,48,53)(H,49,54)/t32-,33+,35?,36-,37+,39-,40-,41-,42+/m0/s1. The Morgan fingerprint density at radius 1 is 0.806 bits per heavy atom. The van der Waals surface area contributed by atoms with Crippen LogP contribution in [0, 0.1) is 23.7 Å². The van der Waals surface area contributed by atoms with Crippen molar-refractivity contribution >= 4 is 29.6 Å². The lowest BCUT2D eigenvalue weighted by Crippen LogP contribution is -2.59. The minimum Gasteiger partial charge on any atom is -0.462 e. The lowest BCUT2D eigenvalue weighted by atomic mass is 9.89. The number of carbonyl (C=O) groups excluding carboxylic acids is 5. The van der Waals surface area contributed by atoms with E-state index < -0.39 is 60.2 Å². The molecule has 16 heteroatoms. The van der Waals surface area contributed by atoms with Gasteiger partial charge in [-0.05, 0) is 43.2 Å². The number of nitrogens with zero attached hydrogens (tertiary/aromatic N) is 2. The molecule has 0 saturated carbocycles. The predicted octanol–water partition coefficient (Wildman–Crippen LogP) is 3.24. The molecule has 1 aromatic carbocycles. The first-order valence-corrected chi connectivity index (χ1v) is 22.3. The molecule has 0 bridgehead atoms. The van der Waals surface area contributed by atoms with Crippen molar-refractivity contribution in [1.82, 2.24) is 25.8 Å². The van der Waals surface area contributed by atoms with Gasteiger partial charge in [-0.15, -0.1) is 0 Å². The number of rotatable bonds is 30. The van der Waals surface area contributed by atoms with Crippen molar-refractivity contribution in [2.45, 2.75) is 123 Å². The Labute approximate surface area is 371 Å². The molecule has 0 aromatic heterocycles. The topological polar surface area (TPSA) is 183 Å². The van der Waals surface area contributed by atoms with Gasteiger partial charge < -0.3 is 54.2 Å². The smallest absolute Gasteiger partial charge is 0.329 e.